The number of ether oxygens (including phenoxy) is 2. The second-order valence-corrected chi connectivity index (χ2v) is 11.2. The summed E-state index contributed by atoms with van der Waals surface area (Å²) < 4.78 is 12.4. The Balaban J connectivity index is 1.50. The van der Waals surface area contributed by atoms with Gasteiger partial charge in [0.2, 0.25) is 11.8 Å². The summed E-state index contributed by atoms with van der Waals surface area (Å²) in [6.07, 6.45) is 9.46. The molecule has 2 unspecified atom stereocenters. The van der Waals surface area contributed by atoms with Crippen LogP contribution >= 0.6 is 0 Å². The van der Waals surface area contributed by atoms with Crippen LogP contribution < -0.4 is 15.4 Å². The van der Waals surface area contributed by atoms with E-state index >= 15 is 0 Å². The maximum Gasteiger partial charge on any atom is 0.258 e. The molecule has 0 spiro atoms. The largest absolute Gasteiger partial charge is 0.474 e. The van der Waals surface area contributed by atoms with Gasteiger partial charge in [0.15, 0.2) is 0 Å². The molecule has 3 N–H and O–H groups in total. The van der Waals surface area contributed by atoms with Crippen LogP contribution in [0.25, 0.3) is 6.20 Å². The number of hydrogen-bond acceptors (Lipinski definition) is 6. The molecule has 9 heteroatoms. The molecule has 1 aromatic heterocycles. The predicted molar refractivity (Wildman–Crippen MR) is 127 cm³/mol. The molecule has 4 fully saturated rings. The average molecular weight is 475 g/mol. The third-order valence-electron chi connectivity index (χ3n) is 7.25. The van der Waals surface area contributed by atoms with E-state index in [0.717, 1.165) is 32.1 Å². The SMILES string of the molecule is COCC(=O)NC(C)(C)C=Cn1ncc(C(=O)NC2C3CC4CC2CC(O)(C4)C3)c1OC(C)C. The van der Waals surface area contributed by atoms with Gasteiger partial charge in [-0.25, -0.2) is 4.68 Å². The maximum atomic E-state index is 13.3. The average Bonchev–Trinajstić information content (AvgIpc) is 3.09. The topological polar surface area (TPSA) is 115 Å². The van der Waals surface area contributed by atoms with Crippen LogP contribution in [0, 0.1) is 17.8 Å². The molecule has 0 saturated heterocycles. The Kier molecular flexibility index (Phi) is 6.79. The second kappa shape index (κ2) is 9.34. The number of rotatable bonds is 9. The highest BCUT2D eigenvalue weighted by Crippen LogP contribution is 2.55. The van der Waals surface area contributed by atoms with Crippen molar-refractivity contribution in [2.75, 3.05) is 13.7 Å². The van der Waals surface area contributed by atoms with Gasteiger partial charge in [-0.3, -0.25) is 9.59 Å². The lowest BCUT2D eigenvalue weighted by Crippen LogP contribution is -2.61. The van der Waals surface area contributed by atoms with Gasteiger partial charge in [-0.15, -0.1) is 0 Å². The van der Waals surface area contributed by atoms with Crippen molar-refractivity contribution in [1.82, 2.24) is 20.4 Å². The number of nitrogens with zero attached hydrogens (tertiary/aromatic N) is 2. The summed E-state index contributed by atoms with van der Waals surface area (Å²) in [5, 5.41) is 21.3. The fraction of sp³-hybridized carbons (Fsp3) is 0.720. The minimum Gasteiger partial charge on any atom is -0.474 e. The van der Waals surface area contributed by atoms with Crippen molar-refractivity contribution in [3.8, 4) is 5.88 Å². The minimum atomic E-state index is -0.653. The second-order valence-electron chi connectivity index (χ2n) is 11.2. The molecule has 188 valence electrons. The molecule has 1 aromatic rings. The van der Waals surface area contributed by atoms with E-state index in [0.29, 0.717) is 29.2 Å². The van der Waals surface area contributed by atoms with E-state index in [9.17, 15) is 14.7 Å². The van der Waals surface area contributed by atoms with Gasteiger partial charge in [-0.1, -0.05) is 0 Å². The summed E-state index contributed by atoms with van der Waals surface area (Å²) in [5.74, 6) is 1.16. The first-order chi connectivity index (χ1) is 16.0. The molecule has 2 amide bonds. The van der Waals surface area contributed by atoms with Gasteiger partial charge >= 0.3 is 0 Å². The summed E-state index contributed by atoms with van der Waals surface area (Å²) in [6, 6.07) is 0.0741. The number of aromatic nitrogens is 2. The Hall–Kier alpha value is -2.39. The molecule has 5 rings (SSSR count). The number of hydrogen-bond donors (Lipinski definition) is 3. The van der Waals surface area contributed by atoms with Crippen LogP contribution in [-0.4, -0.2) is 63.7 Å². The Morgan fingerprint density at radius 1 is 1.29 bits per heavy atom. The van der Waals surface area contributed by atoms with Crippen molar-refractivity contribution >= 4 is 18.0 Å². The molecule has 4 aliphatic rings. The van der Waals surface area contributed by atoms with Crippen molar-refractivity contribution in [3.05, 3.63) is 17.8 Å². The normalized spacial score (nSPS) is 30.2. The summed E-state index contributed by atoms with van der Waals surface area (Å²) in [4.78, 5) is 25.3. The fourth-order valence-corrected chi connectivity index (χ4v) is 6.22. The Morgan fingerprint density at radius 2 is 1.97 bits per heavy atom. The number of methoxy groups -OCH3 is 1. The van der Waals surface area contributed by atoms with E-state index in [4.69, 9.17) is 9.47 Å². The lowest BCUT2D eigenvalue weighted by atomic mass is 9.52. The third-order valence-corrected chi connectivity index (χ3v) is 7.25. The van der Waals surface area contributed by atoms with E-state index in [-0.39, 0.29) is 30.6 Å². The third kappa shape index (κ3) is 5.30. The molecule has 4 bridgehead atoms. The lowest BCUT2D eigenvalue weighted by molar-refractivity contribution is -0.137. The smallest absolute Gasteiger partial charge is 0.258 e. The van der Waals surface area contributed by atoms with Crippen LogP contribution in [0.15, 0.2) is 12.3 Å². The number of amides is 2. The standard InChI is InChI=1S/C25H38N4O5/c1-15(2)34-23-19(13-26-29(23)7-6-24(3,4)28-20(30)14-33-5)22(31)27-21-17-8-16-9-18(21)12-25(32,10-16)11-17/h6-7,13,15-18,21,32H,8-12,14H2,1-5H3,(H,27,31)(H,28,30). The Labute approximate surface area is 201 Å². The number of carbonyl (C=O) groups is 2. The van der Waals surface area contributed by atoms with Crippen LogP contribution in [0.5, 0.6) is 5.88 Å². The van der Waals surface area contributed by atoms with Crippen LogP contribution in [-0.2, 0) is 9.53 Å². The van der Waals surface area contributed by atoms with E-state index < -0.39 is 11.1 Å². The zero-order chi connectivity index (χ0) is 24.7. The van der Waals surface area contributed by atoms with E-state index in [2.05, 4.69) is 15.7 Å². The molecule has 0 radical (unpaired) electrons. The maximum absolute atomic E-state index is 13.3. The highest BCUT2D eigenvalue weighted by molar-refractivity contribution is 5.96. The van der Waals surface area contributed by atoms with Crippen molar-refractivity contribution in [2.45, 2.75) is 83.1 Å². The Bertz CT molecular complexity index is 937. The van der Waals surface area contributed by atoms with Crippen LogP contribution in [0.1, 0.15) is 70.2 Å². The first-order valence-electron chi connectivity index (χ1n) is 12.3. The summed E-state index contributed by atoms with van der Waals surface area (Å²) >= 11 is 0. The highest BCUT2D eigenvalue weighted by atomic mass is 16.5. The quantitative estimate of drug-likeness (QED) is 0.506. The van der Waals surface area contributed by atoms with Gasteiger partial charge < -0.3 is 25.2 Å². The van der Waals surface area contributed by atoms with Crippen molar-refractivity contribution in [2.24, 2.45) is 17.8 Å². The Morgan fingerprint density at radius 3 is 2.56 bits per heavy atom. The molecule has 9 nitrogen and oxygen atoms in total. The molecular formula is C25H38N4O5. The molecule has 4 saturated carbocycles. The van der Waals surface area contributed by atoms with Gasteiger partial charge in [-0.2, -0.15) is 5.10 Å². The number of aliphatic hydroxyl groups is 1. The fourth-order valence-electron chi connectivity index (χ4n) is 6.22. The molecule has 34 heavy (non-hydrogen) atoms. The molecule has 0 aliphatic heterocycles. The van der Waals surface area contributed by atoms with Crippen LogP contribution in [0.3, 0.4) is 0 Å². The van der Waals surface area contributed by atoms with E-state index in [1.165, 1.54) is 18.0 Å². The zero-order valence-corrected chi connectivity index (χ0v) is 20.8. The van der Waals surface area contributed by atoms with Gasteiger partial charge in [-0.05, 0) is 83.6 Å². The van der Waals surface area contributed by atoms with E-state index in [1.807, 2.05) is 27.7 Å². The molecule has 2 atom stereocenters. The van der Waals surface area contributed by atoms with Gasteiger partial charge in [0.25, 0.3) is 5.91 Å². The van der Waals surface area contributed by atoms with Crippen LogP contribution in [0.4, 0.5) is 0 Å². The summed E-state index contributed by atoms with van der Waals surface area (Å²) in [7, 11) is 1.47. The first-order valence-corrected chi connectivity index (χ1v) is 12.3. The summed E-state index contributed by atoms with van der Waals surface area (Å²) in [6.45, 7) is 7.49. The van der Waals surface area contributed by atoms with Crippen LogP contribution in [0.2, 0.25) is 0 Å². The highest BCUT2D eigenvalue weighted by Gasteiger charge is 2.55. The van der Waals surface area contributed by atoms with Gasteiger partial charge in [0, 0.05) is 19.4 Å². The predicted octanol–water partition coefficient (Wildman–Crippen LogP) is 2.35. The molecule has 4 aliphatic carbocycles. The first kappa shape index (κ1) is 24.7. The van der Waals surface area contributed by atoms with Crippen molar-refractivity contribution in [1.29, 1.82) is 0 Å². The van der Waals surface area contributed by atoms with Crippen molar-refractivity contribution in [3.63, 3.8) is 0 Å². The minimum absolute atomic E-state index is 0.0215. The summed E-state index contributed by atoms with van der Waals surface area (Å²) in [5.41, 5.74) is -0.808. The van der Waals surface area contributed by atoms with Gasteiger partial charge in [0.05, 0.1) is 23.4 Å². The van der Waals surface area contributed by atoms with E-state index in [1.54, 1.807) is 12.3 Å². The van der Waals surface area contributed by atoms with Gasteiger partial charge in [0.1, 0.15) is 12.2 Å². The molecule has 1 heterocycles. The number of carbonyl (C=O) groups excluding carboxylic acids is 2. The molecule has 0 aromatic carbocycles. The monoisotopic (exact) mass is 474 g/mol. The molecular weight excluding hydrogens is 436 g/mol. The lowest BCUT2D eigenvalue weighted by Gasteiger charge is -2.58. The zero-order valence-electron chi connectivity index (χ0n) is 20.8. The number of nitrogens with one attached hydrogen (secondary N) is 2. The van der Waals surface area contributed by atoms with Crippen molar-refractivity contribution < 1.29 is 24.2 Å².